The summed E-state index contributed by atoms with van der Waals surface area (Å²) in [6.07, 6.45) is 1.27. The number of hydrogen-bond donors (Lipinski definition) is 2. The van der Waals surface area contributed by atoms with Crippen LogP contribution in [0.3, 0.4) is 0 Å². The number of hydrogen-bond acceptors (Lipinski definition) is 3. The number of rotatable bonds is 4. The lowest BCUT2D eigenvalue weighted by atomic mass is 10.2. The summed E-state index contributed by atoms with van der Waals surface area (Å²) < 4.78 is 0.513. The van der Waals surface area contributed by atoms with Crippen LogP contribution < -0.4 is 10.0 Å². The van der Waals surface area contributed by atoms with Crippen molar-refractivity contribution in [1.29, 1.82) is 0 Å². The minimum Gasteiger partial charge on any atom is -0.618 e. The topological polar surface area (TPSA) is 76.3 Å². The molecule has 1 heterocycles. The SMILES string of the molecule is CC(CO)CNC(=O)c1cccc[n+]1[O-]. The average Bonchev–Trinajstić information content (AvgIpc) is 2.26. The number of nitrogens with zero attached hydrogens (tertiary/aromatic N) is 1. The molecule has 2 N–H and O–H groups in total. The predicted octanol–water partition coefficient (Wildman–Crippen LogP) is -0.322. The number of aliphatic hydroxyl groups is 1. The summed E-state index contributed by atoms with van der Waals surface area (Å²) >= 11 is 0. The zero-order valence-electron chi connectivity index (χ0n) is 8.51. The van der Waals surface area contributed by atoms with Crippen LogP contribution in [0.4, 0.5) is 0 Å². The fourth-order valence-corrected chi connectivity index (χ4v) is 1.03. The minimum atomic E-state index is -0.425. The molecule has 0 aliphatic rings. The van der Waals surface area contributed by atoms with Gasteiger partial charge < -0.3 is 15.6 Å². The fraction of sp³-hybridized carbons (Fsp3) is 0.400. The van der Waals surface area contributed by atoms with E-state index in [2.05, 4.69) is 5.32 Å². The molecule has 1 unspecified atom stereocenters. The van der Waals surface area contributed by atoms with Crippen LogP contribution in [-0.2, 0) is 0 Å². The highest BCUT2D eigenvalue weighted by Gasteiger charge is 2.14. The van der Waals surface area contributed by atoms with Crippen molar-refractivity contribution in [3.63, 3.8) is 0 Å². The highest BCUT2D eigenvalue weighted by Crippen LogP contribution is 1.93. The first-order chi connectivity index (χ1) is 7.15. The Kier molecular flexibility index (Phi) is 4.05. The van der Waals surface area contributed by atoms with E-state index in [1.54, 1.807) is 19.1 Å². The molecule has 0 fully saturated rings. The Hall–Kier alpha value is -1.62. The second kappa shape index (κ2) is 5.31. The van der Waals surface area contributed by atoms with Gasteiger partial charge in [0.2, 0.25) is 0 Å². The van der Waals surface area contributed by atoms with Gasteiger partial charge in [0.25, 0.3) is 5.69 Å². The molecule has 0 spiro atoms. The average molecular weight is 210 g/mol. The van der Waals surface area contributed by atoms with Crippen LogP contribution in [0.2, 0.25) is 0 Å². The normalized spacial score (nSPS) is 12.1. The molecule has 0 aliphatic heterocycles. The number of aliphatic hydroxyl groups excluding tert-OH is 1. The van der Waals surface area contributed by atoms with E-state index in [0.717, 1.165) is 0 Å². The largest absolute Gasteiger partial charge is 0.618 e. The maximum Gasteiger partial charge on any atom is 0.317 e. The van der Waals surface area contributed by atoms with Crippen molar-refractivity contribution in [3.8, 4) is 0 Å². The van der Waals surface area contributed by atoms with Gasteiger partial charge in [0.05, 0.1) is 0 Å². The van der Waals surface area contributed by atoms with Gasteiger partial charge in [0, 0.05) is 25.3 Å². The Morgan fingerprint density at radius 3 is 3.00 bits per heavy atom. The smallest absolute Gasteiger partial charge is 0.317 e. The summed E-state index contributed by atoms with van der Waals surface area (Å²) in [6.45, 7) is 2.16. The number of amides is 1. The second-order valence-electron chi connectivity index (χ2n) is 3.41. The number of aromatic nitrogens is 1. The van der Waals surface area contributed by atoms with Crippen LogP contribution >= 0.6 is 0 Å². The van der Waals surface area contributed by atoms with Gasteiger partial charge in [-0.3, -0.25) is 4.79 Å². The highest BCUT2D eigenvalue weighted by atomic mass is 16.5. The summed E-state index contributed by atoms with van der Waals surface area (Å²) in [5.74, 6) is -0.441. The number of pyridine rings is 1. The molecule has 1 amide bonds. The molecule has 1 aromatic heterocycles. The van der Waals surface area contributed by atoms with Crippen molar-refractivity contribution < 1.29 is 14.6 Å². The molecule has 5 heteroatoms. The third-order valence-electron chi connectivity index (χ3n) is 1.98. The van der Waals surface area contributed by atoms with Crippen molar-refractivity contribution in [1.82, 2.24) is 5.32 Å². The van der Waals surface area contributed by atoms with Crippen LogP contribution in [-0.4, -0.2) is 24.2 Å². The van der Waals surface area contributed by atoms with Gasteiger partial charge in [-0.15, -0.1) is 0 Å². The van der Waals surface area contributed by atoms with Gasteiger partial charge in [0.15, 0.2) is 6.20 Å². The first-order valence-corrected chi connectivity index (χ1v) is 4.72. The fourth-order valence-electron chi connectivity index (χ4n) is 1.03. The zero-order valence-corrected chi connectivity index (χ0v) is 8.51. The lowest BCUT2D eigenvalue weighted by molar-refractivity contribution is -0.607. The molecular formula is C10H14N2O3. The Morgan fingerprint density at radius 2 is 2.40 bits per heavy atom. The zero-order chi connectivity index (χ0) is 11.3. The molecule has 82 valence electrons. The molecule has 0 radical (unpaired) electrons. The number of carbonyl (C=O) groups excluding carboxylic acids is 1. The predicted molar refractivity (Wildman–Crippen MR) is 54.0 cm³/mol. The monoisotopic (exact) mass is 210 g/mol. The molecule has 0 saturated heterocycles. The van der Waals surface area contributed by atoms with E-state index in [-0.39, 0.29) is 18.2 Å². The van der Waals surface area contributed by atoms with E-state index in [1.807, 2.05) is 0 Å². The lowest BCUT2D eigenvalue weighted by Gasteiger charge is -2.09. The number of carbonyl (C=O) groups is 1. The first kappa shape index (κ1) is 11.5. The van der Waals surface area contributed by atoms with Gasteiger partial charge in [-0.1, -0.05) is 6.92 Å². The first-order valence-electron chi connectivity index (χ1n) is 4.72. The molecule has 0 saturated carbocycles. The molecule has 0 bridgehead atoms. The van der Waals surface area contributed by atoms with E-state index >= 15 is 0 Å². The van der Waals surface area contributed by atoms with Crippen molar-refractivity contribution in [2.45, 2.75) is 6.92 Å². The van der Waals surface area contributed by atoms with E-state index in [9.17, 15) is 10.0 Å². The van der Waals surface area contributed by atoms with Crippen LogP contribution in [0.15, 0.2) is 24.4 Å². The Labute approximate surface area is 87.9 Å². The van der Waals surface area contributed by atoms with Crippen molar-refractivity contribution in [2.75, 3.05) is 13.2 Å². The van der Waals surface area contributed by atoms with Crippen LogP contribution in [0, 0.1) is 11.1 Å². The van der Waals surface area contributed by atoms with Gasteiger partial charge >= 0.3 is 5.91 Å². The second-order valence-corrected chi connectivity index (χ2v) is 3.41. The van der Waals surface area contributed by atoms with Gasteiger partial charge in [-0.05, 0) is 12.0 Å². The molecular weight excluding hydrogens is 196 g/mol. The number of nitrogens with one attached hydrogen (secondary N) is 1. The van der Waals surface area contributed by atoms with Crippen LogP contribution in [0.25, 0.3) is 0 Å². The molecule has 0 aromatic carbocycles. The van der Waals surface area contributed by atoms with Crippen molar-refractivity contribution in [3.05, 3.63) is 35.3 Å². The Balaban J connectivity index is 2.58. The summed E-state index contributed by atoms with van der Waals surface area (Å²) in [5, 5.41) is 22.5. The van der Waals surface area contributed by atoms with Gasteiger partial charge in [0.1, 0.15) is 0 Å². The molecule has 1 aromatic rings. The lowest BCUT2D eigenvalue weighted by Crippen LogP contribution is -2.40. The Morgan fingerprint density at radius 1 is 1.67 bits per heavy atom. The quantitative estimate of drug-likeness (QED) is 0.528. The molecule has 5 nitrogen and oxygen atoms in total. The molecule has 0 aliphatic carbocycles. The van der Waals surface area contributed by atoms with Crippen molar-refractivity contribution >= 4 is 5.91 Å². The Bertz CT molecular complexity index is 341. The molecule has 15 heavy (non-hydrogen) atoms. The summed E-state index contributed by atoms with van der Waals surface area (Å²) in [7, 11) is 0. The third kappa shape index (κ3) is 3.21. The van der Waals surface area contributed by atoms with Crippen molar-refractivity contribution in [2.24, 2.45) is 5.92 Å². The van der Waals surface area contributed by atoms with Crippen LogP contribution in [0.1, 0.15) is 17.4 Å². The van der Waals surface area contributed by atoms with Gasteiger partial charge in [-0.2, -0.15) is 4.73 Å². The summed E-state index contributed by atoms with van der Waals surface area (Å²) in [6, 6.07) is 4.63. The third-order valence-corrected chi connectivity index (χ3v) is 1.98. The van der Waals surface area contributed by atoms with Crippen LogP contribution in [0.5, 0.6) is 0 Å². The highest BCUT2D eigenvalue weighted by molar-refractivity contribution is 5.90. The summed E-state index contributed by atoms with van der Waals surface area (Å²) in [5.41, 5.74) is 0.0580. The van der Waals surface area contributed by atoms with E-state index in [4.69, 9.17) is 5.11 Å². The minimum absolute atomic E-state index is 0.00639. The summed E-state index contributed by atoms with van der Waals surface area (Å²) in [4.78, 5) is 11.5. The standard InChI is InChI=1S/C10H14N2O3/c1-8(7-13)6-11-10(14)9-4-2-3-5-12(9)15/h2-5,8,13H,6-7H2,1H3,(H,11,14). The maximum atomic E-state index is 11.5. The molecule has 1 rings (SSSR count). The maximum absolute atomic E-state index is 11.5. The van der Waals surface area contributed by atoms with Gasteiger partial charge in [-0.25, -0.2) is 0 Å². The van der Waals surface area contributed by atoms with E-state index in [0.29, 0.717) is 11.3 Å². The molecule has 1 atom stereocenters. The van der Waals surface area contributed by atoms with E-state index in [1.165, 1.54) is 12.3 Å². The van der Waals surface area contributed by atoms with E-state index < -0.39 is 5.91 Å².